The third-order valence-corrected chi connectivity index (χ3v) is 4.43. The number of ether oxygens (including phenoxy) is 1. The molecule has 1 atom stereocenters. The van der Waals surface area contributed by atoms with Gasteiger partial charge >= 0.3 is 0 Å². The number of rotatable bonds is 7. The van der Waals surface area contributed by atoms with Gasteiger partial charge in [0.1, 0.15) is 5.75 Å². The van der Waals surface area contributed by atoms with Gasteiger partial charge in [-0.25, -0.2) is 13.1 Å². The smallest absolute Gasteiger partial charge is 0.240 e. The monoisotopic (exact) mass is 307 g/mol. The Labute approximate surface area is 118 Å². The summed E-state index contributed by atoms with van der Waals surface area (Å²) in [5, 5.41) is 9.60. The minimum atomic E-state index is -3.61. The maximum Gasteiger partial charge on any atom is 0.240 e. The fraction of sp³-hybridized carbons (Fsp3) is 0.500. The van der Waals surface area contributed by atoms with Crippen LogP contribution in [0.2, 0.25) is 5.02 Å². The summed E-state index contributed by atoms with van der Waals surface area (Å²) in [5.74, 6) is 0.419. The van der Waals surface area contributed by atoms with Crippen molar-refractivity contribution < 1.29 is 18.3 Å². The average Bonchev–Trinajstić information content (AvgIpc) is 2.38. The van der Waals surface area contributed by atoms with E-state index in [2.05, 4.69) is 4.72 Å². The van der Waals surface area contributed by atoms with Crippen molar-refractivity contribution in [3.63, 3.8) is 0 Å². The van der Waals surface area contributed by atoms with Crippen LogP contribution in [-0.2, 0) is 10.0 Å². The van der Waals surface area contributed by atoms with Crippen LogP contribution in [0.3, 0.4) is 0 Å². The molecule has 0 bridgehead atoms. The Hall–Kier alpha value is -0.820. The van der Waals surface area contributed by atoms with Crippen LogP contribution in [0.15, 0.2) is 23.1 Å². The first-order valence-electron chi connectivity index (χ1n) is 5.92. The molecule has 0 radical (unpaired) electrons. The Bertz CT molecular complexity index is 518. The number of hydrogen-bond donors (Lipinski definition) is 2. The summed E-state index contributed by atoms with van der Waals surface area (Å²) in [7, 11) is -2.15. The summed E-state index contributed by atoms with van der Waals surface area (Å²) < 4.78 is 31.3. The number of nitrogens with one attached hydrogen (secondary N) is 1. The average molecular weight is 308 g/mol. The van der Waals surface area contributed by atoms with Crippen LogP contribution in [0, 0.1) is 0 Å². The van der Waals surface area contributed by atoms with Gasteiger partial charge in [-0.3, -0.25) is 0 Å². The maximum absolute atomic E-state index is 12.0. The zero-order chi connectivity index (χ0) is 14.5. The lowest BCUT2D eigenvalue weighted by molar-refractivity contribution is 0.162. The van der Waals surface area contributed by atoms with E-state index >= 15 is 0 Å². The van der Waals surface area contributed by atoms with E-state index in [1.807, 2.05) is 6.92 Å². The highest BCUT2D eigenvalue weighted by molar-refractivity contribution is 7.89. The maximum atomic E-state index is 12.0. The number of hydrogen-bond acceptors (Lipinski definition) is 4. The second-order valence-corrected chi connectivity index (χ2v) is 6.22. The summed E-state index contributed by atoms with van der Waals surface area (Å²) in [4.78, 5) is 0.0734. The summed E-state index contributed by atoms with van der Waals surface area (Å²) in [6.07, 6.45) is 0.470. The number of benzene rings is 1. The first-order valence-corrected chi connectivity index (χ1v) is 7.78. The predicted molar refractivity (Wildman–Crippen MR) is 74.1 cm³/mol. The standard InChI is InChI=1S/C12H18ClNO4S/c1-3-9(15)6-7-14-19(16,17)10-4-5-12(18-2)11(13)8-10/h4-5,8-9,14-15H,3,6-7H2,1-2H3. The van der Waals surface area contributed by atoms with Gasteiger partial charge in [-0.1, -0.05) is 18.5 Å². The van der Waals surface area contributed by atoms with Crippen LogP contribution < -0.4 is 9.46 Å². The molecule has 5 nitrogen and oxygen atoms in total. The van der Waals surface area contributed by atoms with Crippen molar-refractivity contribution in [2.24, 2.45) is 0 Å². The van der Waals surface area contributed by atoms with Gasteiger partial charge in [0, 0.05) is 6.54 Å². The fourth-order valence-corrected chi connectivity index (χ4v) is 2.86. The molecule has 0 heterocycles. The largest absolute Gasteiger partial charge is 0.495 e. The Morgan fingerprint density at radius 2 is 2.16 bits per heavy atom. The molecular weight excluding hydrogens is 290 g/mol. The van der Waals surface area contributed by atoms with E-state index < -0.39 is 16.1 Å². The zero-order valence-corrected chi connectivity index (χ0v) is 12.5. The van der Waals surface area contributed by atoms with Gasteiger partial charge in [0.05, 0.1) is 23.1 Å². The second-order valence-electron chi connectivity index (χ2n) is 4.04. The minimum absolute atomic E-state index is 0.0734. The Balaban J connectivity index is 2.75. The summed E-state index contributed by atoms with van der Waals surface area (Å²) in [6.45, 7) is 2.02. The molecule has 0 aliphatic carbocycles. The van der Waals surface area contributed by atoms with Crippen molar-refractivity contribution in [2.45, 2.75) is 30.8 Å². The highest BCUT2D eigenvalue weighted by atomic mass is 35.5. The first kappa shape index (κ1) is 16.2. The minimum Gasteiger partial charge on any atom is -0.495 e. The molecule has 1 unspecified atom stereocenters. The molecule has 1 aromatic carbocycles. The SMILES string of the molecule is CCC(O)CCNS(=O)(=O)c1ccc(OC)c(Cl)c1. The van der Waals surface area contributed by atoms with E-state index in [1.165, 1.54) is 25.3 Å². The molecule has 0 spiro atoms. The molecule has 0 amide bonds. The van der Waals surface area contributed by atoms with Crippen LogP contribution in [0.4, 0.5) is 0 Å². The van der Waals surface area contributed by atoms with Crippen molar-refractivity contribution >= 4 is 21.6 Å². The van der Waals surface area contributed by atoms with Gasteiger partial charge in [-0.05, 0) is 31.0 Å². The van der Waals surface area contributed by atoms with Crippen molar-refractivity contribution in [3.05, 3.63) is 23.2 Å². The van der Waals surface area contributed by atoms with E-state index in [-0.39, 0.29) is 16.5 Å². The topological polar surface area (TPSA) is 75.6 Å². The summed E-state index contributed by atoms with van der Waals surface area (Å²) in [6, 6.07) is 4.25. The van der Waals surface area contributed by atoms with Crippen LogP contribution >= 0.6 is 11.6 Å². The van der Waals surface area contributed by atoms with Gasteiger partial charge in [-0.15, -0.1) is 0 Å². The number of aliphatic hydroxyl groups is 1. The lowest BCUT2D eigenvalue weighted by Crippen LogP contribution is -2.27. The highest BCUT2D eigenvalue weighted by Crippen LogP contribution is 2.26. The molecule has 0 saturated carbocycles. The third-order valence-electron chi connectivity index (χ3n) is 2.67. The molecule has 0 aliphatic heterocycles. The number of halogens is 1. The molecule has 0 fully saturated rings. The molecule has 1 rings (SSSR count). The Morgan fingerprint density at radius 1 is 1.47 bits per heavy atom. The van der Waals surface area contributed by atoms with Gasteiger partial charge in [0.2, 0.25) is 10.0 Å². The molecule has 19 heavy (non-hydrogen) atoms. The molecule has 7 heteroatoms. The van der Waals surface area contributed by atoms with Gasteiger partial charge in [-0.2, -0.15) is 0 Å². The quantitative estimate of drug-likeness (QED) is 0.805. The number of aliphatic hydroxyl groups excluding tert-OH is 1. The molecule has 0 aliphatic rings. The zero-order valence-electron chi connectivity index (χ0n) is 10.9. The van der Waals surface area contributed by atoms with Crippen molar-refractivity contribution in [1.29, 1.82) is 0 Å². The summed E-state index contributed by atoms with van der Waals surface area (Å²) >= 11 is 5.89. The first-order chi connectivity index (χ1) is 8.90. The molecule has 0 aromatic heterocycles. The molecule has 2 N–H and O–H groups in total. The van der Waals surface area contributed by atoms with Crippen molar-refractivity contribution in [3.8, 4) is 5.75 Å². The van der Waals surface area contributed by atoms with Gasteiger partial charge in [0.15, 0.2) is 0 Å². The van der Waals surface area contributed by atoms with Crippen LogP contribution in [0.25, 0.3) is 0 Å². The van der Waals surface area contributed by atoms with E-state index in [9.17, 15) is 13.5 Å². The molecule has 0 saturated heterocycles. The highest BCUT2D eigenvalue weighted by Gasteiger charge is 2.16. The van der Waals surface area contributed by atoms with Crippen LogP contribution in [0.5, 0.6) is 5.75 Å². The second kappa shape index (κ2) is 7.09. The van der Waals surface area contributed by atoms with Crippen LogP contribution in [0.1, 0.15) is 19.8 Å². The molecule has 108 valence electrons. The van der Waals surface area contributed by atoms with E-state index in [1.54, 1.807) is 0 Å². The van der Waals surface area contributed by atoms with Crippen LogP contribution in [-0.4, -0.2) is 33.3 Å². The molecule has 1 aromatic rings. The summed E-state index contributed by atoms with van der Waals surface area (Å²) in [5.41, 5.74) is 0. The Morgan fingerprint density at radius 3 is 2.68 bits per heavy atom. The lowest BCUT2D eigenvalue weighted by Gasteiger charge is -2.10. The van der Waals surface area contributed by atoms with Gasteiger partial charge in [0.25, 0.3) is 0 Å². The van der Waals surface area contributed by atoms with E-state index in [0.717, 1.165) is 0 Å². The van der Waals surface area contributed by atoms with Crippen molar-refractivity contribution in [1.82, 2.24) is 4.72 Å². The fourth-order valence-electron chi connectivity index (χ4n) is 1.46. The van der Waals surface area contributed by atoms with Gasteiger partial charge < -0.3 is 9.84 Å². The predicted octanol–water partition coefficient (Wildman–Crippen LogP) is 1.79. The number of methoxy groups -OCH3 is 1. The normalized spacial score (nSPS) is 13.3. The van der Waals surface area contributed by atoms with E-state index in [4.69, 9.17) is 16.3 Å². The lowest BCUT2D eigenvalue weighted by atomic mass is 10.2. The molecular formula is C12H18ClNO4S. The third kappa shape index (κ3) is 4.65. The van der Waals surface area contributed by atoms with Crippen molar-refractivity contribution in [2.75, 3.05) is 13.7 Å². The Kier molecular flexibility index (Phi) is 6.06. The number of sulfonamides is 1. The van der Waals surface area contributed by atoms with E-state index in [0.29, 0.717) is 18.6 Å².